The monoisotopic (exact) mass is 706 g/mol. The average molecular weight is 707 g/mol. The van der Waals surface area contributed by atoms with E-state index in [9.17, 15) is 29.7 Å². The molecule has 5 heterocycles. The molecule has 0 spiro atoms. The topological polar surface area (TPSA) is 188 Å². The van der Waals surface area contributed by atoms with Crippen molar-refractivity contribution in [3.8, 4) is 0 Å². The summed E-state index contributed by atoms with van der Waals surface area (Å²) in [6, 6.07) is 7.54. The van der Waals surface area contributed by atoms with Gasteiger partial charge in [0.2, 0.25) is 0 Å². The SMILES string of the molecule is C=Cc1c(C)c2cc3nc(cc4[nH]c(cc5nc(cc1[nH]2)C(C)=C5CCC(O)O)c(CCC(=O)O)c4C)[C@@]1(C)C3=CCC(C(=O)OC)=C1C(=O)OC. The van der Waals surface area contributed by atoms with Gasteiger partial charge < -0.3 is 34.8 Å². The van der Waals surface area contributed by atoms with Crippen LogP contribution in [0, 0.1) is 13.8 Å². The number of hydrogen-bond donors (Lipinski definition) is 5. The molecule has 0 amide bonds. The number of carbonyl (C=O) groups excluding carboxylic acids is 2. The third-order valence-corrected chi connectivity index (χ3v) is 10.5. The summed E-state index contributed by atoms with van der Waals surface area (Å²) in [5.41, 5.74) is 9.88. The van der Waals surface area contributed by atoms with Gasteiger partial charge in [0.1, 0.15) is 0 Å². The van der Waals surface area contributed by atoms with Crippen molar-refractivity contribution < 1.29 is 39.2 Å². The summed E-state index contributed by atoms with van der Waals surface area (Å²) in [5.74, 6) is -2.28. The van der Waals surface area contributed by atoms with E-state index in [1.54, 1.807) is 6.08 Å². The molecule has 3 aromatic rings. The maximum absolute atomic E-state index is 13.6. The number of ether oxygens (including phenoxy) is 2. The Hall–Kier alpha value is -5.59. The number of carboxylic acid groups (broad SMARTS) is 1. The zero-order chi connectivity index (χ0) is 37.6. The smallest absolute Gasteiger partial charge is 0.335 e. The number of nitrogens with one attached hydrogen (secondary N) is 2. The van der Waals surface area contributed by atoms with Crippen LogP contribution in [0.4, 0.5) is 0 Å². The molecule has 8 bridgehead atoms. The van der Waals surface area contributed by atoms with E-state index in [-0.39, 0.29) is 36.8 Å². The number of aromatic nitrogens is 4. The van der Waals surface area contributed by atoms with Gasteiger partial charge in [0.25, 0.3) is 0 Å². The Morgan fingerprint density at radius 2 is 1.56 bits per heavy atom. The van der Waals surface area contributed by atoms with Crippen molar-refractivity contribution in [3.05, 3.63) is 93.1 Å². The lowest BCUT2D eigenvalue weighted by molar-refractivity contribution is -0.139. The first-order chi connectivity index (χ1) is 24.7. The van der Waals surface area contributed by atoms with Gasteiger partial charge in [0, 0.05) is 40.5 Å². The largest absolute Gasteiger partial charge is 0.481 e. The standard InChI is InChI=1S/C40H42N4O8/c1-8-22-19(2)28-16-33-26-12-9-25(38(49)51-6)37(39(50)52-7)40(26,5)34(44-33)18-29-21(4)24(11-14-36(47)48)32(43-29)17-31-23(10-13-35(45)46)20(3)27(42-31)15-30(22)41-28/h8,12,15-18,35,41,43,45-46H,1,9-11,13-14H2,2-7H3,(H,47,48)/t40-/m1/s1. The molecular weight excluding hydrogens is 664 g/mol. The summed E-state index contributed by atoms with van der Waals surface area (Å²) in [5, 5.41) is 29.2. The lowest BCUT2D eigenvalue weighted by Gasteiger charge is -2.32. The molecular formula is C40H42N4O8. The molecule has 12 heteroatoms. The number of esters is 2. The molecule has 0 aromatic carbocycles. The molecule has 52 heavy (non-hydrogen) atoms. The van der Waals surface area contributed by atoms with Crippen LogP contribution in [0.3, 0.4) is 0 Å². The van der Waals surface area contributed by atoms with Gasteiger partial charge in [-0.3, -0.25) is 9.78 Å². The van der Waals surface area contributed by atoms with Gasteiger partial charge in [-0.2, -0.15) is 0 Å². The second-order valence-corrected chi connectivity index (χ2v) is 13.4. The zero-order valence-corrected chi connectivity index (χ0v) is 30.1. The minimum Gasteiger partial charge on any atom is -0.481 e. The Morgan fingerprint density at radius 3 is 2.21 bits per heavy atom. The van der Waals surface area contributed by atoms with Crippen molar-refractivity contribution in [2.45, 2.75) is 71.5 Å². The number of aliphatic carboxylic acids is 1. The van der Waals surface area contributed by atoms with Gasteiger partial charge in [-0.05, 0) is 105 Å². The summed E-state index contributed by atoms with van der Waals surface area (Å²) < 4.78 is 10.4. The van der Waals surface area contributed by atoms with E-state index in [2.05, 4.69) is 16.5 Å². The van der Waals surface area contributed by atoms with Crippen LogP contribution in [-0.4, -0.2) is 73.7 Å². The van der Waals surface area contributed by atoms with Crippen molar-refractivity contribution in [2.75, 3.05) is 14.2 Å². The molecule has 0 fully saturated rings. The van der Waals surface area contributed by atoms with E-state index in [4.69, 9.17) is 19.4 Å². The number of aromatic amines is 2. The van der Waals surface area contributed by atoms with Crippen molar-refractivity contribution in [2.24, 2.45) is 0 Å². The summed E-state index contributed by atoms with van der Waals surface area (Å²) >= 11 is 0. The molecule has 12 nitrogen and oxygen atoms in total. The van der Waals surface area contributed by atoms with Crippen LogP contribution in [0.5, 0.6) is 0 Å². The van der Waals surface area contributed by atoms with Crippen LogP contribution in [-0.2, 0) is 35.7 Å². The lowest BCUT2D eigenvalue weighted by Crippen LogP contribution is -2.34. The Bertz CT molecular complexity index is 2320. The highest BCUT2D eigenvalue weighted by Crippen LogP contribution is 2.51. The number of hydrogen-bond acceptors (Lipinski definition) is 9. The number of carbonyl (C=O) groups is 3. The Labute approximate surface area is 300 Å². The molecule has 3 aliphatic rings. The Balaban J connectivity index is 1.79. The minimum atomic E-state index is -1.51. The van der Waals surface area contributed by atoms with E-state index in [0.717, 1.165) is 44.4 Å². The van der Waals surface area contributed by atoms with Gasteiger partial charge in [-0.1, -0.05) is 18.7 Å². The van der Waals surface area contributed by atoms with Crippen molar-refractivity contribution >= 4 is 62.8 Å². The minimum absolute atomic E-state index is 0.0938. The van der Waals surface area contributed by atoms with Gasteiger partial charge in [0.15, 0.2) is 6.29 Å². The summed E-state index contributed by atoms with van der Waals surface area (Å²) in [6.07, 6.45) is 2.80. The van der Waals surface area contributed by atoms with Crippen LogP contribution in [0.2, 0.25) is 0 Å². The van der Waals surface area contributed by atoms with E-state index >= 15 is 0 Å². The van der Waals surface area contributed by atoms with Gasteiger partial charge in [-0.25, -0.2) is 14.6 Å². The first kappa shape index (κ1) is 36.2. The first-order valence-corrected chi connectivity index (χ1v) is 17.0. The quantitative estimate of drug-likeness (QED) is 0.130. The number of aliphatic hydroxyl groups excluding tert-OH is 1. The third-order valence-electron chi connectivity index (χ3n) is 10.5. The van der Waals surface area contributed by atoms with Gasteiger partial charge >= 0.3 is 17.9 Å². The molecule has 1 aliphatic carbocycles. The fraction of sp³-hybridized carbons (Fsp3) is 0.325. The molecule has 2 aliphatic heterocycles. The maximum atomic E-state index is 13.6. The molecule has 0 saturated heterocycles. The number of aliphatic hydroxyl groups is 2. The highest BCUT2D eigenvalue weighted by Gasteiger charge is 2.49. The third kappa shape index (κ3) is 6.07. The molecule has 0 radical (unpaired) electrons. The highest BCUT2D eigenvalue weighted by molar-refractivity contribution is 6.07. The van der Waals surface area contributed by atoms with Crippen LogP contribution in [0.1, 0.15) is 84.6 Å². The normalized spacial score (nSPS) is 16.9. The van der Waals surface area contributed by atoms with Crippen molar-refractivity contribution in [1.82, 2.24) is 19.9 Å². The predicted octanol–water partition coefficient (Wildman–Crippen LogP) is 6.00. The Kier molecular flexibility index (Phi) is 9.65. The number of rotatable bonds is 9. The second kappa shape index (κ2) is 13.9. The van der Waals surface area contributed by atoms with Gasteiger partial charge in [-0.15, -0.1) is 0 Å². The van der Waals surface area contributed by atoms with Crippen LogP contribution < -0.4 is 0 Å². The van der Waals surface area contributed by atoms with E-state index in [1.165, 1.54) is 14.2 Å². The number of allylic oxidation sites excluding steroid dienone is 4. The second-order valence-electron chi connectivity index (χ2n) is 13.4. The molecule has 0 unspecified atom stereocenters. The Morgan fingerprint density at radius 1 is 0.904 bits per heavy atom. The summed E-state index contributed by atoms with van der Waals surface area (Å²) in [4.78, 5) is 55.7. The van der Waals surface area contributed by atoms with E-state index < -0.39 is 29.6 Å². The molecule has 0 saturated carbocycles. The number of H-pyrrole nitrogens is 2. The first-order valence-electron chi connectivity index (χ1n) is 17.0. The van der Waals surface area contributed by atoms with Crippen molar-refractivity contribution in [1.29, 1.82) is 0 Å². The molecule has 3 aromatic heterocycles. The van der Waals surface area contributed by atoms with E-state index in [0.29, 0.717) is 45.8 Å². The molecule has 1 atom stereocenters. The molecule has 5 N–H and O–H groups in total. The molecule has 270 valence electrons. The molecule has 6 rings (SSSR count). The van der Waals surface area contributed by atoms with E-state index in [1.807, 2.05) is 58.0 Å². The van der Waals surface area contributed by atoms with Gasteiger partial charge in [0.05, 0.1) is 53.6 Å². The number of methoxy groups -OCH3 is 2. The fourth-order valence-electron chi connectivity index (χ4n) is 7.60. The number of carboxylic acids is 1. The van der Waals surface area contributed by atoms with Crippen molar-refractivity contribution in [3.63, 3.8) is 0 Å². The predicted molar refractivity (Wildman–Crippen MR) is 197 cm³/mol. The summed E-state index contributed by atoms with van der Waals surface area (Å²) in [7, 11) is 2.53. The average Bonchev–Trinajstić information content (AvgIpc) is 3.76. The van der Waals surface area contributed by atoms with Crippen LogP contribution >= 0.6 is 0 Å². The van der Waals surface area contributed by atoms with Crippen LogP contribution in [0.25, 0.3) is 44.9 Å². The zero-order valence-electron chi connectivity index (χ0n) is 30.1. The lowest BCUT2D eigenvalue weighted by atomic mass is 9.68. The fourth-order valence-corrected chi connectivity index (χ4v) is 7.60. The number of nitrogens with zero attached hydrogens (tertiary/aromatic N) is 2. The highest BCUT2D eigenvalue weighted by atomic mass is 16.5. The summed E-state index contributed by atoms with van der Waals surface area (Å²) in [6.45, 7) is 11.7. The number of aryl methyl sites for hydroxylation is 3. The maximum Gasteiger partial charge on any atom is 0.335 e. The van der Waals surface area contributed by atoms with Crippen LogP contribution in [0.15, 0.2) is 48.1 Å². The number of fused-ring (bicyclic) bond motifs is 11.